The van der Waals surface area contributed by atoms with E-state index in [0.717, 1.165) is 55.4 Å². The molecule has 0 amide bonds. The molecule has 0 saturated heterocycles. The molecule has 24 radical (unpaired) electrons. The van der Waals surface area contributed by atoms with Gasteiger partial charge in [0.25, 0.3) is 0 Å². The van der Waals surface area contributed by atoms with Gasteiger partial charge in [0.2, 0.25) is 0 Å². The molecule has 0 aliphatic carbocycles. The molecule has 0 N–H and O–H groups in total. The number of nitriles is 1. The largest absolute Gasteiger partial charge is 0.311 e. The highest BCUT2D eigenvalue weighted by atomic mass is 15.0. The third-order valence-corrected chi connectivity index (χ3v) is 13.6. The highest BCUT2D eigenvalue weighted by Crippen LogP contribution is 2.38. The van der Waals surface area contributed by atoms with Crippen LogP contribution in [-0.2, 0) is 0 Å². The zero-order valence-corrected chi connectivity index (χ0v) is 37.5. The topological polar surface area (TPSA) is 33.6 Å². The highest BCUT2D eigenvalue weighted by molar-refractivity contribution is 6.70. The second-order valence-corrected chi connectivity index (χ2v) is 17.4. The van der Waals surface area contributed by atoms with E-state index in [9.17, 15) is 5.26 Å². The zero-order chi connectivity index (χ0) is 49.0. The van der Waals surface area contributed by atoms with Crippen molar-refractivity contribution in [2.45, 2.75) is 0 Å². The van der Waals surface area contributed by atoms with E-state index in [2.05, 4.69) is 10.6 Å². The Kier molecular flexibility index (Phi) is 11.0. The van der Waals surface area contributed by atoms with Gasteiger partial charge in [0.05, 0.1) is 22.7 Å². The molecule has 0 aliphatic rings. The van der Waals surface area contributed by atoms with Gasteiger partial charge in [0.1, 0.15) is 94.2 Å². The molecule has 15 heteroatoms. The van der Waals surface area contributed by atoms with E-state index in [1.165, 1.54) is 0 Å². The summed E-state index contributed by atoms with van der Waals surface area (Å²) in [6, 6.07) is 47.7. The molecular weight excluding hydrogens is 832 g/mol. The van der Waals surface area contributed by atoms with Crippen LogP contribution in [0.3, 0.4) is 0 Å². The van der Waals surface area contributed by atoms with Gasteiger partial charge in [-0.3, -0.25) is 0 Å². The third-order valence-electron chi connectivity index (χ3n) is 13.6. The van der Waals surface area contributed by atoms with E-state index >= 15 is 0 Å². The average Bonchev–Trinajstić information content (AvgIpc) is 3.92. The van der Waals surface area contributed by atoms with Gasteiger partial charge in [-0.05, 0) is 104 Å². The standard InChI is InChI=1S/C55H23B12N3/c56-42-38(45(59)52(66)54-40(42)41-46(60)49(63)51(65)53(67)55(41)70(54)33-8-4-7-29(21-33)26-5-2-1-3-6-26)30-16-20-36-35(22-30)34-19-15-31(39-43(57)47(61)50(64)48(62)44(39)58)23-37(34)69(36)32-17-13-28(14-18-32)27-11-9-25(24-68)10-12-27/h1-23H. The van der Waals surface area contributed by atoms with Crippen molar-refractivity contribution in [3.05, 3.63) is 145 Å². The summed E-state index contributed by atoms with van der Waals surface area (Å²) in [5.41, 5.74) is 13.4. The van der Waals surface area contributed by atoms with Crippen molar-refractivity contribution in [2.24, 2.45) is 0 Å². The van der Waals surface area contributed by atoms with Crippen LogP contribution in [0.25, 0.3) is 99.5 Å². The van der Waals surface area contributed by atoms with Crippen LogP contribution in [0.2, 0.25) is 0 Å². The van der Waals surface area contributed by atoms with Crippen LogP contribution in [0.4, 0.5) is 0 Å². The molecule has 0 saturated carbocycles. The van der Waals surface area contributed by atoms with Gasteiger partial charge in [0, 0.05) is 38.6 Å². The van der Waals surface area contributed by atoms with Crippen LogP contribution in [-0.4, -0.2) is 103 Å². The summed E-state index contributed by atoms with van der Waals surface area (Å²) in [6.45, 7) is 0. The molecule has 3 nitrogen and oxygen atoms in total. The van der Waals surface area contributed by atoms with Gasteiger partial charge in [-0.2, -0.15) is 5.26 Å². The Balaban J connectivity index is 1.16. The van der Waals surface area contributed by atoms with Crippen molar-refractivity contribution < 1.29 is 0 Å². The Bertz CT molecular complexity index is 4050. The lowest BCUT2D eigenvalue weighted by atomic mass is 9.59. The molecule has 11 rings (SSSR count). The maximum absolute atomic E-state index is 9.37. The van der Waals surface area contributed by atoms with Crippen molar-refractivity contribution in [2.75, 3.05) is 0 Å². The lowest BCUT2D eigenvalue weighted by molar-refractivity contribution is 1.18. The molecule has 11 aromatic rings. The van der Waals surface area contributed by atoms with Crippen molar-refractivity contribution in [3.63, 3.8) is 0 Å². The first-order chi connectivity index (χ1) is 33.7. The van der Waals surface area contributed by atoms with E-state index in [0.29, 0.717) is 55.1 Å². The smallest absolute Gasteiger partial charge is 0.115 e. The summed E-state index contributed by atoms with van der Waals surface area (Å²) in [5.74, 6) is 0. The van der Waals surface area contributed by atoms with E-state index in [1.54, 1.807) is 12.1 Å². The summed E-state index contributed by atoms with van der Waals surface area (Å²) >= 11 is 0. The molecule has 0 atom stereocenters. The highest BCUT2D eigenvalue weighted by Gasteiger charge is 2.25. The maximum atomic E-state index is 9.37. The lowest BCUT2D eigenvalue weighted by Crippen LogP contribution is -2.55. The molecular formula is C55H23B12N3. The summed E-state index contributed by atoms with van der Waals surface area (Å²) < 4.78 is 4.06. The molecule has 2 aromatic heterocycles. The van der Waals surface area contributed by atoms with Crippen LogP contribution in [0, 0.1) is 11.3 Å². The van der Waals surface area contributed by atoms with E-state index < -0.39 is 0 Å². The third kappa shape index (κ3) is 6.81. The van der Waals surface area contributed by atoms with Crippen molar-refractivity contribution in [1.29, 1.82) is 5.26 Å². The van der Waals surface area contributed by atoms with Crippen LogP contribution in [0.1, 0.15) is 5.56 Å². The Hall–Kier alpha value is -7.15. The summed E-state index contributed by atoms with van der Waals surface area (Å²) in [6.07, 6.45) is 0. The summed E-state index contributed by atoms with van der Waals surface area (Å²) in [4.78, 5) is 0. The number of hydrogen-bond acceptors (Lipinski definition) is 1. The summed E-state index contributed by atoms with van der Waals surface area (Å²) in [5, 5.41) is 12.1. The van der Waals surface area contributed by atoms with Gasteiger partial charge in [0.15, 0.2) is 0 Å². The van der Waals surface area contributed by atoms with Crippen LogP contribution >= 0.6 is 0 Å². The monoisotopic (exact) mass is 857 g/mol. The molecule has 294 valence electrons. The fraction of sp³-hybridized carbons (Fsp3) is 0. The molecule has 0 unspecified atom stereocenters. The Morgan fingerprint density at radius 3 is 1.46 bits per heavy atom. The average molecular weight is 856 g/mol. The number of benzene rings is 9. The first-order valence-corrected chi connectivity index (χ1v) is 22.1. The molecule has 0 fully saturated rings. The first kappa shape index (κ1) is 45.3. The normalized spacial score (nSPS) is 11.5. The van der Waals surface area contributed by atoms with Crippen molar-refractivity contribution >= 4 is 203 Å². The fourth-order valence-electron chi connectivity index (χ4n) is 10.0. The van der Waals surface area contributed by atoms with Crippen molar-refractivity contribution in [1.82, 2.24) is 9.13 Å². The van der Waals surface area contributed by atoms with Gasteiger partial charge >= 0.3 is 0 Å². The van der Waals surface area contributed by atoms with Crippen LogP contribution in [0.15, 0.2) is 140 Å². The predicted molar refractivity (Wildman–Crippen MR) is 306 cm³/mol. The molecule has 0 spiro atoms. The Morgan fingerprint density at radius 2 is 0.800 bits per heavy atom. The van der Waals surface area contributed by atoms with Crippen LogP contribution in [0.5, 0.6) is 0 Å². The first-order valence-electron chi connectivity index (χ1n) is 22.1. The fourth-order valence-corrected chi connectivity index (χ4v) is 10.0. The number of hydrogen-bond donors (Lipinski definition) is 0. The van der Waals surface area contributed by atoms with E-state index in [1.807, 2.05) is 132 Å². The van der Waals surface area contributed by atoms with E-state index in [4.69, 9.17) is 94.2 Å². The molecule has 2 heterocycles. The quantitative estimate of drug-likeness (QED) is 0.217. The molecule has 0 aliphatic heterocycles. The van der Waals surface area contributed by atoms with Gasteiger partial charge in [-0.15, -0.1) is 27.3 Å². The second kappa shape index (κ2) is 17.1. The van der Waals surface area contributed by atoms with Crippen molar-refractivity contribution in [3.8, 4) is 62.0 Å². The minimum atomic E-state index is 0.127. The SMILES string of the molecule is [B]c1c([B])c([B])c(-c2ccc3c4cc(-c5c([B])c([B])c6c(c5[B])c5c([B])c([B])c([B])c([B])c5n6-c5cccc(-c6ccccc6)c5)ccc4n(-c4ccc(-c5ccc(C#N)cc5)cc4)c3c2)c([B])c1[B]. The van der Waals surface area contributed by atoms with Gasteiger partial charge in [-0.25, -0.2) is 0 Å². The number of aromatic nitrogens is 2. The molecule has 70 heavy (non-hydrogen) atoms. The number of fused-ring (bicyclic) bond motifs is 6. The van der Waals surface area contributed by atoms with Gasteiger partial charge in [-0.1, -0.05) is 123 Å². The van der Waals surface area contributed by atoms with E-state index in [-0.39, 0.29) is 60.1 Å². The minimum Gasteiger partial charge on any atom is -0.311 e. The number of nitrogens with zero attached hydrogens (tertiary/aromatic N) is 3. The molecule has 9 aromatic carbocycles. The Labute approximate surface area is 422 Å². The Morgan fingerprint density at radius 1 is 0.314 bits per heavy atom. The number of rotatable bonds is 6. The zero-order valence-electron chi connectivity index (χ0n) is 37.5. The minimum absolute atomic E-state index is 0.127. The predicted octanol–water partition coefficient (Wildman–Crippen LogP) is -0.0539. The molecule has 0 bridgehead atoms. The lowest BCUT2D eigenvalue weighted by Gasteiger charge is -2.21. The second-order valence-electron chi connectivity index (χ2n) is 17.4. The van der Waals surface area contributed by atoms with Gasteiger partial charge < -0.3 is 9.13 Å². The maximum Gasteiger partial charge on any atom is 0.115 e. The van der Waals surface area contributed by atoms with Crippen LogP contribution < -0.4 is 65.6 Å². The summed E-state index contributed by atoms with van der Waals surface area (Å²) in [7, 11) is 80.9.